The van der Waals surface area contributed by atoms with E-state index in [0.717, 1.165) is 22.8 Å². The number of thioether (sulfide) groups is 1. The van der Waals surface area contributed by atoms with Gasteiger partial charge in [-0.25, -0.2) is 4.98 Å². The van der Waals surface area contributed by atoms with E-state index in [0.29, 0.717) is 5.75 Å². The van der Waals surface area contributed by atoms with Crippen molar-refractivity contribution in [3.05, 3.63) is 47.3 Å². The lowest BCUT2D eigenvalue weighted by Gasteiger charge is -2.05. The predicted molar refractivity (Wildman–Crippen MR) is 78.9 cm³/mol. The van der Waals surface area contributed by atoms with Crippen LogP contribution in [0.4, 0.5) is 0 Å². The maximum absolute atomic E-state index is 12.1. The molecule has 100 valence electrons. The van der Waals surface area contributed by atoms with Gasteiger partial charge >= 0.3 is 0 Å². The van der Waals surface area contributed by atoms with E-state index >= 15 is 0 Å². The van der Waals surface area contributed by atoms with E-state index in [-0.39, 0.29) is 5.78 Å². The summed E-state index contributed by atoms with van der Waals surface area (Å²) in [5.74, 6) is 0.582. The van der Waals surface area contributed by atoms with Crippen molar-refractivity contribution in [3.8, 4) is 0 Å². The van der Waals surface area contributed by atoms with Crippen molar-refractivity contribution in [1.29, 1.82) is 0 Å². The normalized spacial score (nSPS) is 10.7. The van der Waals surface area contributed by atoms with Crippen molar-refractivity contribution in [2.75, 3.05) is 5.75 Å². The summed E-state index contributed by atoms with van der Waals surface area (Å²) in [5, 5.41) is 0.902. The number of hydrogen-bond acceptors (Lipinski definition) is 3. The SMILES string of the molecule is CCn1ccnc1SCC(=O)c1ccc(C)c(C)c1. The lowest BCUT2D eigenvalue weighted by Crippen LogP contribution is -2.05. The Morgan fingerprint density at radius 2 is 2.11 bits per heavy atom. The van der Waals surface area contributed by atoms with E-state index in [1.54, 1.807) is 6.20 Å². The number of hydrogen-bond donors (Lipinski definition) is 0. The monoisotopic (exact) mass is 274 g/mol. The van der Waals surface area contributed by atoms with Gasteiger partial charge < -0.3 is 4.57 Å². The highest BCUT2D eigenvalue weighted by atomic mass is 32.2. The molecule has 0 amide bonds. The summed E-state index contributed by atoms with van der Waals surface area (Å²) >= 11 is 1.49. The van der Waals surface area contributed by atoms with Crippen molar-refractivity contribution in [3.63, 3.8) is 0 Å². The Kier molecular flexibility index (Phi) is 4.43. The standard InChI is InChI=1S/C15H18N2OS/c1-4-17-8-7-16-15(17)19-10-14(18)13-6-5-11(2)12(3)9-13/h5-9H,4,10H2,1-3H3. The van der Waals surface area contributed by atoms with Gasteiger partial charge in [0.1, 0.15) is 0 Å². The number of carbonyl (C=O) groups excluding carboxylic acids is 1. The third kappa shape index (κ3) is 3.26. The van der Waals surface area contributed by atoms with Crippen LogP contribution in [0, 0.1) is 13.8 Å². The minimum Gasteiger partial charge on any atom is -0.326 e. The second kappa shape index (κ2) is 6.06. The predicted octanol–water partition coefficient (Wildman–Crippen LogP) is 3.49. The lowest BCUT2D eigenvalue weighted by molar-refractivity contribution is 0.102. The Bertz CT molecular complexity index is 590. The van der Waals surface area contributed by atoms with E-state index in [1.807, 2.05) is 35.9 Å². The zero-order chi connectivity index (χ0) is 13.8. The molecule has 0 aliphatic rings. The van der Waals surface area contributed by atoms with Gasteiger partial charge in [0.05, 0.1) is 5.75 Å². The average Bonchev–Trinajstić information content (AvgIpc) is 2.86. The molecule has 0 saturated heterocycles. The molecule has 1 aromatic carbocycles. The number of aryl methyl sites for hydroxylation is 3. The molecule has 19 heavy (non-hydrogen) atoms. The molecule has 0 bridgehead atoms. The van der Waals surface area contributed by atoms with Gasteiger partial charge in [-0.15, -0.1) is 0 Å². The van der Waals surface area contributed by atoms with Crippen molar-refractivity contribution >= 4 is 17.5 Å². The van der Waals surface area contributed by atoms with E-state index in [9.17, 15) is 4.79 Å². The number of aromatic nitrogens is 2. The zero-order valence-corrected chi connectivity index (χ0v) is 12.3. The van der Waals surface area contributed by atoms with Crippen LogP contribution in [0.15, 0.2) is 35.7 Å². The van der Waals surface area contributed by atoms with Crippen LogP contribution in [0.2, 0.25) is 0 Å². The summed E-state index contributed by atoms with van der Waals surface area (Å²) in [5.41, 5.74) is 3.15. The quantitative estimate of drug-likeness (QED) is 0.618. The molecule has 0 radical (unpaired) electrons. The van der Waals surface area contributed by atoms with Crippen LogP contribution in [-0.2, 0) is 6.54 Å². The third-order valence-corrected chi connectivity index (χ3v) is 4.18. The van der Waals surface area contributed by atoms with Gasteiger partial charge in [-0.05, 0) is 38.0 Å². The molecule has 0 spiro atoms. The number of Topliss-reactive ketones (excluding diaryl/α,β-unsaturated/α-hetero) is 1. The fourth-order valence-electron chi connectivity index (χ4n) is 1.80. The first-order valence-electron chi connectivity index (χ1n) is 6.36. The summed E-state index contributed by atoms with van der Waals surface area (Å²) in [6, 6.07) is 5.86. The fraction of sp³-hybridized carbons (Fsp3) is 0.333. The van der Waals surface area contributed by atoms with E-state index in [1.165, 1.54) is 17.3 Å². The number of rotatable bonds is 5. The van der Waals surface area contributed by atoms with Crippen molar-refractivity contribution in [2.24, 2.45) is 0 Å². The van der Waals surface area contributed by atoms with E-state index in [4.69, 9.17) is 0 Å². The fourth-order valence-corrected chi connectivity index (χ4v) is 2.72. The largest absolute Gasteiger partial charge is 0.326 e. The van der Waals surface area contributed by atoms with Crippen LogP contribution >= 0.6 is 11.8 Å². The van der Waals surface area contributed by atoms with Gasteiger partial charge in [0.2, 0.25) is 0 Å². The first-order valence-corrected chi connectivity index (χ1v) is 7.34. The molecule has 1 aromatic heterocycles. The van der Waals surface area contributed by atoms with Crippen molar-refractivity contribution in [2.45, 2.75) is 32.5 Å². The topological polar surface area (TPSA) is 34.9 Å². The van der Waals surface area contributed by atoms with E-state index < -0.39 is 0 Å². The molecule has 0 unspecified atom stereocenters. The second-order valence-corrected chi connectivity index (χ2v) is 5.45. The summed E-state index contributed by atoms with van der Waals surface area (Å²) < 4.78 is 2.04. The van der Waals surface area contributed by atoms with Crippen LogP contribution in [0.1, 0.15) is 28.4 Å². The van der Waals surface area contributed by atoms with Gasteiger partial charge in [-0.1, -0.05) is 23.9 Å². The van der Waals surface area contributed by atoms with Crippen LogP contribution in [0.3, 0.4) is 0 Å². The molecule has 0 aliphatic carbocycles. The average molecular weight is 274 g/mol. The molecular weight excluding hydrogens is 256 g/mol. The molecule has 3 nitrogen and oxygen atoms in total. The van der Waals surface area contributed by atoms with Gasteiger partial charge in [-0.2, -0.15) is 0 Å². The van der Waals surface area contributed by atoms with Gasteiger partial charge in [-0.3, -0.25) is 4.79 Å². The maximum atomic E-state index is 12.1. The zero-order valence-electron chi connectivity index (χ0n) is 11.5. The van der Waals surface area contributed by atoms with Gasteiger partial charge in [0.25, 0.3) is 0 Å². The Morgan fingerprint density at radius 1 is 1.32 bits per heavy atom. The van der Waals surface area contributed by atoms with Crippen LogP contribution in [0.5, 0.6) is 0 Å². The highest BCUT2D eigenvalue weighted by Gasteiger charge is 2.10. The number of ketones is 1. The smallest absolute Gasteiger partial charge is 0.173 e. The Morgan fingerprint density at radius 3 is 2.79 bits per heavy atom. The Hall–Kier alpha value is -1.55. The van der Waals surface area contributed by atoms with Crippen LogP contribution in [-0.4, -0.2) is 21.1 Å². The molecule has 2 aromatic rings. The minimum absolute atomic E-state index is 0.152. The van der Waals surface area contributed by atoms with Crippen LogP contribution in [0.25, 0.3) is 0 Å². The number of nitrogens with zero attached hydrogens (tertiary/aromatic N) is 2. The second-order valence-electron chi connectivity index (χ2n) is 4.51. The first kappa shape index (κ1) is 13.9. The third-order valence-electron chi connectivity index (χ3n) is 3.18. The molecule has 4 heteroatoms. The Labute approximate surface area is 118 Å². The molecule has 2 rings (SSSR count). The lowest BCUT2D eigenvalue weighted by atomic mass is 10.0. The number of carbonyl (C=O) groups is 1. The van der Waals surface area contributed by atoms with Crippen LogP contribution < -0.4 is 0 Å². The number of imidazole rings is 1. The molecule has 0 atom stereocenters. The molecule has 0 N–H and O–H groups in total. The molecule has 0 fully saturated rings. The summed E-state index contributed by atoms with van der Waals surface area (Å²) in [6.07, 6.45) is 3.70. The van der Waals surface area contributed by atoms with Crippen molar-refractivity contribution < 1.29 is 4.79 Å². The number of benzene rings is 1. The summed E-state index contributed by atoms with van der Waals surface area (Å²) in [6.45, 7) is 7.02. The molecule has 1 heterocycles. The molecule has 0 saturated carbocycles. The Balaban J connectivity index is 2.03. The maximum Gasteiger partial charge on any atom is 0.173 e. The minimum atomic E-state index is 0.152. The molecule has 0 aliphatic heterocycles. The van der Waals surface area contributed by atoms with E-state index in [2.05, 4.69) is 18.8 Å². The van der Waals surface area contributed by atoms with Gasteiger partial charge in [0, 0.05) is 24.5 Å². The highest BCUT2D eigenvalue weighted by molar-refractivity contribution is 7.99. The highest BCUT2D eigenvalue weighted by Crippen LogP contribution is 2.18. The first-order chi connectivity index (χ1) is 9.11. The summed E-state index contributed by atoms with van der Waals surface area (Å²) in [7, 11) is 0. The summed E-state index contributed by atoms with van der Waals surface area (Å²) in [4.78, 5) is 16.4. The van der Waals surface area contributed by atoms with Crippen molar-refractivity contribution in [1.82, 2.24) is 9.55 Å². The van der Waals surface area contributed by atoms with Gasteiger partial charge in [0.15, 0.2) is 10.9 Å². The molecular formula is C15H18N2OS.